The Bertz CT molecular complexity index is 989. The Kier molecular flexibility index (Phi) is 7.31. The van der Waals surface area contributed by atoms with Crippen molar-refractivity contribution in [1.29, 1.82) is 0 Å². The fourth-order valence-corrected chi connectivity index (χ4v) is 4.56. The molecule has 0 saturated heterocycles. The molecular formula is C19H19ClF3NO4S. The normalized spacial score (nSPS) is 12.2. The van der Waals surface area contributed by atoms with Gasteiger partial charge < -0.3 is 4.74 Å². The molecule has 0 saturated carbocycles. The average Bonchev–Trinajstić information content (AvgIpc) is 2.66. The molecule has 0 fully saturated rings. The second-order valence-corrected chi connectivity index (χ2v) is 8.32. The first-order valence-corrected chi connectivity index (χ1v) is 10.5. The van der Waals surface area contributed by atoms with Gasteiger partial charge in [-0.25, -0.2) is 13.2 Å². The molecule has 0 N–H and O–H groups in total. The van der Waals surface area contributed by atoms with Crippen LogP contribution >= 0.6 is 11.6 Å². The van der Waals surface area contributed by atoms with Gasteiger partial charge in [-0.05, 0) is 35.9 Å². The van der Waals surface area contributed by atoms with Crippen molar-refractivity contribution in [1.82, 2.24) is 4.31 Å². The van der Waals surface area contributed by atoms with Crippen LogP contribution in [0.1, 0.15) is 35.3 Å². The summed E-state index contributed by atoms with van der Waals surface area (Å²) in [6, 6.07) is 8.05. The van der Waals surface area contributed by atoms with E-state index in [9.17, 15) is 26.4 Å². The summed E-state index contributed by atoms with van der Waals surface area (Å²) >= 11 is 6.01. The van der Waals surface area contributed by atoms with E-state index in [1.165, 1.54) is 28.6 Å². The molecular weight excluding hydrogens is 431 g/mol. The molecule has 29 heavy (non-hydrogen) atoms. The molecule has 0 aromatic heterocycles. The Morgan fingerprint density at radius 1 is 1.10 bits per heavy atom. The Morgan fingerprint density at radius 2 is 1.76 bits per heavy atom. The maximum absolute atomic E-state index is 12.8. The first-order valence-electron chi connectivity index (χ1n) is 8.63. The largest absolute Gasteiger partial charge is 0.457 e. The van der Waals surface area contributed by atoms with Gasteiger partial charge in [0.05, 0.1) is 16.1 Å². The minimum Gasteiger partial charge on any atom is -0.457 e. The van der Waals surface area contributed by atoms with Gasteiger partial charge in [-0.3, -0.25) is 0 Å². The summed E-state index contributed by atoms with van der Waals surface area (Å²) in [5.74, 6) is -0.880. The molecule has 158 valence electrons. The highest BCUT2D eigenvalue weighted by Gasteiger charge is 2.30. The first kappa shape index (κ1) is 23.2. The van der Waals surface area contributed by atoms with Crippen molar-refractivity contribution in [2.24, 2.45) is 0 Å². The van der Waals surface area contributed by atoms with Crippen molar-refractivity contribution < 1.29 is 31.1 Å². The minimum absolute atomic E-state index is 0.0497. The molecule has 2 rings (SSSR count). The molecule has 0 aliphatic rings. The van der Waals surface area contributed by atoms with Crippen LogP contribution in [0.3, 0.4) is 0 Å². The topological polar surface area (TPSA) is 63.7 Å². The van der Waals surface area contributed by atoms with Crippen LogP contribution in [-0.4, -0.2) is 31.8 Å². The van der Waals surface area contributed by atoms with Gasteiger partial charge in [0, 0.05) is 13.1 Å². The number of rotatable bonds is 7. The van der Waals surface area contributed by atoms with E-state index in [2.05, 4.69) is 0 Å². The lowest BCUT2D eigenvalue weighted by molar-refractivity contribution is -0.137. The monoisotopic (exact) mass is 449 g/mol. The van der Waals surface area contributed by atoms with E-state index < -0.39 is 34.3 Å². The number of ether oxygens (including phenoxy) is 1. The summed E-state index contributed by atoms with van der Waals surface area (Å²) in [5.41, 5.74) is -0.782. The number of hydrogen-bond acceptors (Lipinski definition) is 4. The predicted octanol–water partition coefficient (Wildman–Crippen LogP) is 4.75. The standard InChI is InChI=1S/C19H19ClF3NO4S/c1-3-24(4-2)29(26,27)17-11-14(8-9-16(17)20)18(25)28-12-13-6-5-7-15(10-13)19(21,22)23/h5-11H,3-4,12H2,1-2H3. The predicted molar refractivity (Wildman–Crippen MR) is 102 cm³/mol. The lowest BCUT2D eigenvalue weighted by atomic mass is 10.1. The van der Waals surface area contributed by atoms with Gasteiger partial charge in [0.1, 0.15) is 11.5 Å². The maximum Gasteiger partial charge on any atom is 0.416 e. The molecule has 0 aliphatic heterocycles. The Hall–Kier alpha value is -2.10. The highest BCUT2D eigenvalue weighted by molar-refractivity contribution is 7.89. The van der Waals surface area contributed by atoms with Crippen molar-refractivity contribution in [2.45, 2.75) is 31.5 Å². The lowest BCUT2D eigenvalue weighted by Gasteiger charge is -2.19. The van der Waals surface area contributed by atoms with Gasteiger partial charge in [0.2, 0.25) is 10.0 Å². The van der Waals surface area contributed by atoms with E-state index in [1.807, 2.05) is 0 Å². The second kappa shape index (κ2) is 9.15. The maximum atomic E-state index is 12.8. The van der Waals surface area contributed by atoms with Crippen molar-refractivity contribution >= 4 is 27.6 Å². The first-order chi connectivity index (χ1) is 13.5. The highest BCUT2D eigenvalue weighted by atomic mass is 35.5. The molecule has 2 aromatic carbocycles. The van der Waals surface area contributed by atoms with Crippen molar-refractivity contribution in [3.8, 4) is 0 Å². The Balaban J connectivity index is 2.23. The molecule has 2 aromatic rings. The molecule has 0 bridgehead atoms. The average molecular weight is 450 g/mol. The van der Waals surface area contributed by atoms with Crippen LogP contribution in [0.5, 0.6) is 0 Å². The number of nitrogens with zero attached hydrogens (tertiary/aromatic N) is 1. The fraction of sp³-hybridized carbons (Fsp3) is 0.316. The number of hydrogen-bond donors (Lipinski definition) is 0. The van der Waals surface area contributed by atoms with E-state index in [0.717, 1.165) is 18.2 Å². The third kappa shape index (κ3) is 5.49. The summed E-state index contributed by atoms with van der Waals surface area (Å²) in [5, 5.41) is -0.0497. The molecule has 0 atom stereocenters. The van der Waals surface area contributed by atoms with Gasteiger partial charge >= 0.3 is 12.1 Å². The third-order valence-electron chi connectivity index (χ3n) is 4.11. The van der Waals surface area contributed by atoms with Crippen LogP contribution in [0.25, 0.3) is 0 Å². The SMILES string of the molecule is CCN(CC)S(=O)(=O)c1cc(C(=O)OCc2cccc(C(F)(F)F)c2)ccc1Cl. The summed E-state index contributed by atoms with van der Waals surface area (Å²) in [4.78, 5) is 12.1. The Morgan fingerprint density at radius 3 is 2.34 bits per heavy atom. The van der Waals surface area contributed by atoms with Crippen molar-refractivity contribution in [3.63, 3.8) is 0 Å². The summed E-state index contributed by atoms with van der Waals surface area (Å²) in [6.45, 7) is 3.38. The smallest absolute Gasteiger partial charge is 0.416 e. The van der Waals surface area contributed by atoms with E-state index in [4.69, 9.17) is 16.3 Å². The zero-order chi connectivity index (χ0) is 21.8. The number of esters is 1. The van der Waals surface area contributed by atoms with Gasteiger partial charge in [-0.15, -0.1) is 0 Å². The molecule has 0 unspecified atom stereocenters. The summed E-state index contributed by atoms with van der Waals surface area (Å²) in [7, 11) is -3.91. The van der Waals surface area contributed by atoms with Crippen LogP contribution in [0.15, 0.2) is 47.4 Å². The van der Waals surface area contributed by atoms with E-state index >= 15 is 0 Å². The van der Waals surface area contributed by atoms with E-state index in [0.29, 0.717) is 0 Å². The molecule has 0 amide bonds. The van der Waals surface area contributed by atoms with Crippen LogP contribution in [0.4, 0.5) is 13.2 Å². The van der Waals surface area contributed by atoms with Crippen LogP contribution in [0.2, 0.25) is 5.02 Å². The number of halogens is 4. The number of benzene rings is 2. The highest BCUT2D eigenvalue weighted by Crippen LogP contribution is 2.30. The molecule has 0 radical (unpaired) electrons. The van der Waals surface area contributed by atoms with Crippen LogP contribution in [-0.2, 0) is 27.5 Å². The molecule has 0 spiro atoms. The fourth-order valence-electron chi connectivity index (χ4n) is 2.60. The van der Waals surface area contributed by atoms with Crippen molar-refractivity contribution in [2.75, 3.05) is 13.1 Å². The van der Waals surface area contributed by atoms with Crippen LogP contribution in [0, 0.1) is 0 Å². The Labute approximate surface area is 172 Å². The van der Waals surface area contributed by atoms with Gasteiger partial charge in [0.25, 0.3) is 0 Å². The van der Waals surface area contributed by atoms with Gasteiger partial charge in [-0.2, -0.15) is 17.5 Å². The molecule has 5 nitrogen and oxygen atoms in total. The lowest BCUT2D eigenvalue weighted by Crippen LogP contribution is -2.31. The third-order valence-corrected chi connectivity index (χ3v) is 6.65. The minimum atomic E-state index is -4.51. The number of carbonyl (C=O) groups is 1. The quantitative estimate of drug-likeness (QED) is 0.572. The zero-order valence-electron chi connectivity index (χ0n) is 15.7. The van der Waals surface area contributed by atoms with E-state index in [-0.39, 0.29) is 34.1 Å². The second-order valence-electron chi connectivity index (χ2n) is 6.01. The van der Waals surface area contributed by atoms with Gasteiger partial charge in [-0.1, -0.05) is 37.6 Å². The molecule has 10 heteroatoms. The summed E-state index contributed by atoms with van der Waals surface area (Å²) in [6.07, 6.45) is -4.51. The molecule has 0 aliphatic carbocycles. The number of alkyl halides is 3. The van der Waals surface area contributed by atoms with Gasteiger partial charge in [0.15, 0.2) is 0 Å². The number of carbonyl (C=O) groups excluding carboxylic acids is 1. The summed E-state index contributed by atoms with van der Waals surface area (Å²) < 4.78 is 69.9. The van der Waals surface area contributed by atoms with Crippen LogP contribution < -0.4 is 0 Å². The number of sulfonamides is 1. The van der Waals surface area contributed by atoms with Crippen molar-refractivity contribution in [3.05, 3.63) is 64.2 Å². The van der Waals surface area contributed by atoms with E-state index in [1.54, 1.807) is 13.8 Å². The zero-order valence-corrected chi connectivity index (χ0v) is 17.2. The molecule has 0 heterocycles.